The van der Waals surface area contributed by atoms with Gasteiger partial charge in [0.1, 0.15) is 47.8 Å². The largest absolute Gasteiger partial charge is 0.343 e. The van der Waals surface area contributed by atoms with E-state index in [2.05, 4.69) is 16.0 Å². The zero-order chi connectivity index (χ0) is 69.5. The highest BCUT2D eigenvalue weighted by Gasteiger charge is 2.51. The molecule has 6 fully saturated rings. The first-order chi connectivity index (χ1) is 44.4. The number of amides is 12. The van der Waals surface area contributed by atoms with E-state index in [1.54, 1.807) is 25.7 Å². The van der Waals surface area contributed by atoms with Crippen molar-refractivity contribution in [1.82, 2.24) is 60.0 Å². The minimum absolute atomic E-state index is 0.0601. The Morgan fingerprint density at radius 3 is 1.76 bits per heavy atom. The van der Waals surface area contributed by atoms with Crippen LogP contribution in [0.25, 0.3) is 0 Å². The van der Waals surface area contributed by atoms with Gasteiger partial charge in [0, 0.05) is 74.3 Å². The smallest absolute Gasteiger partial charge is 0.248 e. The highest BCUT2D eigenvalue weighted by Crippen LogP contribution is 2.36. The van der Waals surface area contributed by atoms with E-state index in [4.69, 9.17) is 11.6 Å². The maximum atomic E-state index is 15.4. The zero-order valence-corrected chi connectivity index (χ0v) is 59.8. The van der Waals surface area contributed by atoms with Gasteiger partial charge in [0.2, 0.25) is 70.9 Å². The minimum Gasteiger partial charge on any atom is -0.343 e. The van der Waals surface area contributed by atoms with Gasteiger partial charge in [-0.3, -0.25) is 57.5 Å². The number of nitrogens with one attached hydrogen (secondary N) is 3. The molecule has 3 aliphatic heterocycles. The molecular weight excluding hydrogens is 1220 g/mol. The van der Waals surface area contributed by atoms with Crippen molar-refractivity contribution in [3.05, 3.63) is 0 Å². The van der Waals surface area contributed by atoms with E-state index in [1.165, 1.54) is 88.5 Å². The van der Waals surface area contributed by atoms with Gasteiger partial charge in [-0.1, -0.05) is 92.9 Å². The molecule has 0 aromatic heterocycles. The van der Waals surface area contributed by atoms with Crippen LogP contribution < -0.4 is 16.0 Å². The summed E-state index contributed by atoms with van der Waals surface area (Å²) in [5, 5.41) is 9.07. The van der Waals surface area contributed by atoms with Gasteiger partial charge < -0.3 is 60.0 Å². The fourth-order valence-electron chi connectivity index (χ4n) is 15.2. The predicted octanol–water partition coefficient (Wildman–Crippen LogP) is 4.77. The number of piperidine rings is 1. The fourth-order valence-corrected chi connectivity index (χ4v) is 15.4. The van der Waals surface area contributed by atoms with Crippen molar-refractivity contribution in [3.63, 3.8) is 0 Å². The van der Waals surface area contributed by atoms with Gasteiger partial charge in [-0.25, -0.2) is 0 Å². The summed E-state index contributed by atoms with van der Waals surface area (Å²) in [5.41, 5.74) is -1.47. The molecule has 3 N–H and O–H groups in total. The third-order valence-electron chi connectivity index (χ3n) is 21.5. The standard InChI is InChI=1S/C69H115ClN12O12/c1-14-46(6)59-66(92)76(9)42-57(85)74(7)43-58(86)78(11)53(39-48-24-17-15-18-25-48)64(90)75(8)41-55(83)71-50(32-29-47-27-30-49(70)31-28-47)63(89)82-37-23-26-51(82)62(88)73-69(33-19-20-34-69)68(94)80(13)60(45(4)5)67(93)79(12)54(65(91)81-35-21-16-22-36-81)40-56(84)77(10)52(38-44(2)3)61(87)72-59/h44-54,59-60H,14-43H2,1-13H3,(H,71,83)(H,72,87)(H,73,88)/t46-,47?,49?,50-,51-,52-,53-,54-,59-,60-/m0/s1. The lowest BCUT2D eigenvalue weighted by Gasteiger charge is -2.42. The molecule has 0 aromatic rings. The van der Waals surface area contributed by atoms with Crippen LogP contribution in [0, 0.1) is 29.6 Å². The van der Waals surface area contributed by atoms with Crippen LogP contribution in [0.4, 0.5) is 0 Å². The third kappa shape index (κ3) is 19.8. The van der Waals surface area contributed by atoms with Crippen LogP contribution in [-0.4, -0.2) is 257 Å². The van der Waals surface area contributed by atoms with Gasteiger partial charge in [0.25, 0.3) is 0 Å². The van der Waals surface area contributed by atoms with Crippen molar-refractivity contribution in [2.45, 2.75) is 249 Å². The number of hydrogen-bond acceptors (Lipinski definition) is 12. The summed E-state index contributed by atoms with van der Waals surface area (Å²) in [6.45, 7) is 10.6. The predicted molar refractivity (Wildman–Crippen MR) is 358 cm³/mol. The van der Waals surface area contributed by atoms with E-state index in [9.17, 15) is 43.2 Å². The molecule has 3 saturated heterocycles. The summed E-state index contributed by atoms with van der Waals surface area (Å²) < 4.78 is 0. The van der Waals surface area contributed by atoms with E-state index >= 15 is 14.4 Å². The average Bonchev–Trinajstić information content (AvgIpc) is 1.45. The van der Waals surface area contributed by atoms with Gasteiger partial charge in [-0.05, 0) is 126 Å². The number of carbonyl (C=O) groups is 12. The number of nitrogens with zero attached hydrogens (tertiary/aromatic N) is 9. The zero-order valence-electron chi connectivity index (χ0n) is 59.0. The molecule has 0 bridgehead atoms. The Hall–Kier alpha value is -6.07. The first-order valence-corrected chi connectivity index (χ1v) is 35.8. The Kier molecular flexibility index (Phi) is 28.9. The van der Waals surface area contributed by atoms with Gasteiger partial charge in [-0.2, -0.15) is 0 Å². The van der Waals surface area contributed by atoms with E-state index in [0.717, 1.165) is 77.0 Å². The summed E-state index contributed by atoms with van der Waals surface area (Å²) >= 11 is 6.51. The maximum Gasteiger partial charge on any atom is 0.248 e. The van der Waals surface area contributed by atoms with Crippen molar-refractivity contribution in [2.24, 2.45) is 29.6 Å². The van der Waals surface area contributed by atoms with Gasteiger partial charge in [0.15, 0.2) is 0 Å². The number of carbonyl (C=O) groups excluding carboxylic acids is 12. The quantitative estimate of drug-likeness (QED) is 0.236. The van der Waals surface area contributed by atoms with Crippen molar-refractivity contribution in [3.8, 4) is 0 Å². The molecule has 6 aliphatic rings. The monoisotopic (exact) mass is 1340 g/mol. The molecule has 94 heavy (non-hydrogen) atoms. The Balaban J connectivity index is 1.39. The molecule has 24 nitrogen and oxygen atoms in total. The van der Waals surface area contributed by atoms with Crippen LogP contribution in [0.3, 0.4) is 0 Å². The summed E-state index contributed by atoms with van der Waals surface area (Å²) in [6.07, 6.45) is 14.0. The highest BCUT2D eigenvalue weighted by molar-refractivity contribution is 6.20. The molecule has 530 valence electrons. The molecule has 1 spiro atoms. The number of likely N-dealkylation sites (tertiary alicyclic amines) is 1. The van der Waals surface area contributed by atoms with Crippen LogP contribution in [0.1, 0.15) is 196 Å². The molecule has 0 aromatic carbocycles. The number of likely N-dealkylation sites (N-methyl/N-ethyl adjacent to an activating group) is 7. The minimum atomic E-state index is -1.47. The van der Waals surface area contributed by atoms with Crippen LogP contribution in [-0.2, 0) is 57.5 Å². The lowest BCUT2D eigenvalue weighted by Crippen LogP contribution is -2.65. The van der Waals surface area contributed by atoms with Gasteiger partial charge >= 0.3 is 0 Å². The molecule has 0 unspecified atom stereocenters. The lowest BCUT2D eigenvalue weighted by molar-refractivity contribution is -0.156. The molecule has 6 rings (SSSR count). The molecular formula is C69H115ClN12O12. The molecule has 0 radical (unpaired) electrons. The molecule has 8 atom stereocenters. The molecule has 3 aliphatic carbocycles. The van der Waals surface area contributed by atoms with E-state index in [1.807, 2.05) is 20.8 Å². The van der Waals surface area contributed by atoms with Crippen molar-refractivity contribution < 1.29 is 57.5 Å². The van der Waals surface area contributed by atoms with Crippen LogP contribution in [0.15, 0.2) is 0 Å². The topological polar surface area (TPSA) is 270 Å². The first kappa shape index (κ1) is 76.9. The number of alkyl halides is 1. The highest BCUT2D eigenvalue weighted by atomic mass is 35.5. The van der Waals surface area contributed by atoms with Crippen LogP contribution in [0.2, 0.25) is 0 Å². The summed E-state index contributed by atoms with van der Waals surface area (Å²) in [6, 6.07) is -7.98. The second-order valence-corrected chi connectivity index (χ2v) is 30.0. The van der Waals surface area contributed by atoms with Crippen molar-refractivity contribution in [1.29, 1.82) is 0 Å². The number of hydrogen-bond donors (Lipinski definition) is 3. The van der Waals surface area contributed by atoms with E-state index in [-0.39, 0.29) is 61.8 Å². The molecule has 12 amide bonds. The summed E-state index contributed by atoms with van der Waals surface area (Å²) in [4.78, 5) is 190. The van der Waals surface area contributed by atoms with E-state index < -0.39 is 157 Å². The fraction of sp³-hybridized carbons (Fsp3) is 0.826. The van der Waals surface area contributed by atoms with Crippen molar-refractivity contribution >= 4 is 82.5 Å². The lowest BCUT2D eigenvalue weighted by atomic mass is 9.84. The van der Waals surface area contributed by atoms with Crippen LogP contribution in [0.5, 0.6) is 0 Å². The number of halogens is 1. The Morgan fingerprint density at radius 2 is 1.15 bits per heavy atom. The van der Waals surface area contributed by atoms with Crippen molar-refractivity contribution in [2.75, 3.05) is 88.6 Å². The SMILES string of the molecule is CC[C@H](C)[C@@H]1NC(=O)[C@H](CC(C)C)N(C)C(=O)C[C@@H](C(=O)N2CCCCC2)N(C)C(=O)[C@H](C(C)C)N(C)C(=O)C2(CCCC2)NC(=O)[C@@H]2CCCN2C(=O)[C@H](CCC2CCC(Cl)CC2)NC(=O)CN(C)C(=O)[C@H](CC2CCCCC2)N(C)C(=O)CN(C)C(=O)CN(C)C1=O. The summed E-state index contributed by atoms with van der Waals surface area (Å²) in [5.74, 6) is -7.52. The normalized spacial score (nSPS) is 29.2. The molecule has 3 heterocycles. The van der Waals surface area contributed by atoms with E-state index in [0.29, 0.717) is 51.6 Å². The molecule has 25 heteroatoms. The van der Waals surface area contributed by atoms with Gasteiger partial charge in [0.05, 0.1) is 26.1 Å². The maximum absolute atomic E-state index is 15.4. The second-order valence-electron chi connectivity index (χ2n) is 29.4. The first-order valence-electron chi connectivity index (χ1n) is 35.4. The summed E-state index contributed by atoms with van der Waals surface area (Å²) in [7, 11) is 10.3. The third-order valence-corrected chi connectivity index (χ3v) is 21.9. The Morgan fingerprint density at radius 1 is 0.553 bits per heavy atom. The Labute approximate surface area is 564 Å². The van der Waals surface area contributed by atoms with Crippen LogP contribution >= 0.6 is 11.6 Å². The van der Waals surface area contributed by atoms with Gasteiger partial charge in [-0.15, -0.1) is 11.6 Å². The number of fused-ring (bicyclic) bond motifs is 1. The average molecular weight is 1340 g/mol. The Bertz CT molecular complexity index is 2670. The second kappa shape index (κ2) is 35.3. The number of rotatable bonds is 11. The molecule has 3 saturated carbocycles.